The molecule has 0 atom stereocenters. The summed E-state index contributed by atoms with van der Waals surface area (Å²) in [5, 5.41) is 8.53. The van der Waals surface area contributed by atoms with Crippen molar-refractivity contribution in [3.05, 3.63) is 17.5 Å². The molecule has 76 valence electrons. The van der Waals surface area contributed by atoms with Crippen LogP contribution in [-0.2, 0) is 0 Å². The first-order valence-electron chi connectivity index (χ1n) is 3.50. The largest absolute Gasteiger partial charge is 0.476 e. The molecule has 5 nitrogen and oxygen atoms in total. The number of carboxylic acids is 1. The number of carboxylic acid groups (broad SMARTS) is 1. The van der Waals surface area contributed by atoms with E-state index in [1.54, 1.807) is 0 Å². The van der Waals surface area contributed by atoms with Crippen LogP contribution in [0.15, 0.2) is 6.07 Å². The van der Waals surface area contributed by atoms with Crippen LogP contribution < -0.4 is 11.5 Å². The van der Waals surface area contributed by atoms with Crippen LogP contribution in [0, 0.1) is 0 Å². The SMILES string of the molecule is Nc1cc(N)c(C(F)F)nc1C(=O)O. The molecule has 0 bridgehead atoms. The number of pyridine rings is 1. The number of hydrogen-bond acceptors (Lipinski definition) is 4. The molecule has 1 aromatic rings. The predicted molar refractivity (Wildman–Crippen MR) is 45.0 cm³/mol. The lowest BCUT2D eigenvalue weighted by molar-refractivity contribution is 0.0690. The van der Waals surface area contributed by atoms with Gasteiger partial charge in [0.1, 0.15) is 5.69 Å². The first-order valence-corrected chi connectivity index (χ1v) is 3.50. The van der Waals surface area contributed by atoms with Crippen LogP contribution >= 0.6 is 0 Å². The fourth-order valence-corrected chi connectivity index (χ4v) is 0.905. The van der Waals surface area contributed by atoms with Crippen molar-refractivity contribution in [2.24, 2.45) is 0 Å². The Balaban J connectivity index is 3.34. The number of rotatable bonds is 2. The number of anilines is 2. The second kappa shape index (κ2) is 3.44. The molecule has 0 amide bonds. The maximum Gasteiger partial charge on any atom is 0.356 e. The molecule has 5 N–H and O–H groups in total. The molecule has 0 saturated heterocycles. The Labute approximate surface area is 77.3 Å². The van der Waals surface area contributed by atoms with Gasteiger partial charge in [-0.2, -0.15) is 0 Å². The molecule has 0 aromatic carbocycles. The van der Waals surface area contributed by atoms with Crippen LogP contribution in [0.4, 0.5) is 20.2 Å². The molecule has 1 aromatic heterocycles. The predicted octanol–water partition coefficient (Wildman–Crippen LogP) is 0.882. The molecule has 0 aliphatic heterocycles. The summed E-state index contributed by atoms with van der Waals surface area (Å²) >= 11 is 0. The van der Waals surface area contributed by atoms with Gasteiger partial charge in [-0.05, 0) is 6.07 Å². The minimum Gasteiger partial charge on any atom is -0.476 e. The summed E-state index contributed by atoms with van der Waals surface area (Å²) in [5.41, 5.74) is 8.46. The zero-order valence-corrected chi connectivity index (χ0v) is 6.87. The smallest absolute Gasteiger partial charge is 0.356 e. The zero-order chi connectivity index (χ0) is 10.9. The van der Waals surface area contributed by atoms with E-state index >= 15 is 0 Å². The highest BCUT2D eigenvalue weighted by atomic mass is 19.3. The molecule has 1 heterocycles. The van der Waals surface area contributed by atoms with Crippen molar-refractivity contribution in [1.82, 2.24) is 4.98 Å². The number of nitrogens with zero attached hydrogens (tertiary/aromatic N) is 1. The zero-order valence-electron chi connectivity index (χ0n) is 6.87. The van der Waals surface area contributed by atoms with Gasteiger partial charge in [-0.1, -0.05) is 0 Å². The van der Waals surface area contributed by atoms with E-state index in [1.807, 2.05) is 0 Å². The Bertz CT molecular complexity index is 381. The number of aromatic nitrogens is 1. The molecular weight excluding hydrogens is 196 g/mol. The first kappa shape index (κ1) is 10.2. The second-order valence-corrected chi connectivity index (χ2v) is 2.51. The van der Waals surface area contributed by atoms with Gasteiger partial charge < -0.3 is 16.6 Å². The Morgan fingerprint density at radius 1 is 1.43 bits per heavy atom. The summed E-state index contributed by atoms with van der Waals surface area (Å²) < 4.78 is 24.5. The van der Waals surface area contributed by atoms with Gasteiger partial charge in [0.2, 0.25) is 0 Å². The quantitative estimate of drug-likeness (QED) is 0.662. The van der Waals surface area contributed by atoms with Gasteiger partial charge >= 0.3 is 5.97 Å². The number of aromatic carboxylic acids is 1. The van der Waals surface area contributed by atoms with E-state index in [2.05, 4.69) is 4.98 Å². The van der Waals surface area contributed by atoms with Crippen LogP contribution in [0.1, 0.15) is 22.6 Å². The molecule has 0 unspecified atom stereocenters. The fraction of sp³-hybridized carbons (Fsp3) is 0.143. The van der Waals surface area contributed by atoms with Gasteiger partial charge in [0, 0.05) is 0 Å². The van der Waals surface area contributed by atoms with E-state index in [9.17, 15) is 13.6 Å². The maximum atomic E-state index is 12.2. The van der Waals surface area contributed by atoms with Gasteiger partial charge in [-0.3, -0.25) is 0 Å². The molecule has 14 heavy (non-hydrogen) atoms. The van der Waals surface area contributed by atoms with Gasteiger partial charge in [-0.25, -0.2) is 18.6 Å². The summed E-state index contributed by atoms with van der Waals surface area (Å²) in [7, 11) is 0. The number of nitrogen functional groups attached to an aromatic ring is 2. The number of nitrogens with two attached hydrogens (primary N) is 2. The summed E-state index contributed by atoms with van der Waals surface area (Å²) in [6.07, 6.45) is -2.92. The van der Waals surface area contributed by atoms with E-state index in [1.165, 1.54) is 0 Å². The van der Waals surface area contributed by atoms with Crippen LogP contribution in [-0.4, -0.2) is 16.1 Å². The Morgan fingerprint density at radius 3 is 2.43 bits per heavy atom. The van der Waals surface area contributed by atoms with Gasteiger partial charge in [0.15, 0.2) is 5.69 Å². The molecule has 0 aliphatic carbocycles. The summed E-state index contributed by atoms with van der Waals surface area (Å²) in [5.74, 6) is -1.47. The lowest BCUT2D eigenvalue weighted by Crippen LogP contribution is -2.10. The average molecular weight is 203 g/mol. The lowest BCUT2D eigenvalue weighted by Gasteiger charge is -2.06. The minimum atomic E-state index is -2.92. The Morgan fingerprint density at radius 2 is 2.00 bits per heavy atom. The lowest BCUT2D eigenvalue weighted by atomic mass is 10.2. The normalized spacial score (nSPS) is 10.5. The van der Waals surface area contributed by atoms with E-state index < -0.39 is 23.8 Å². The van der Waals surface area contributed by atoms with Crippen molar-refractivity contribution in [2.75, 3.05) is 11.5 Å². The third-order valence-corrected chi connectivity index (χ3v) is 1.52. The first-order chi connectivity index (χ1) is 6.43. The second-order valence-electron chi connectivity index (χ2n) is 2.51. The van der Waals surface area contributed by atoms with Crippen molar-refractivity contribution >= 4 is 17.3 Å². The van der Waals surface area contributed by atoms with Crippen LogP contribution in [0.5, 0.6) is 0 Å². The molecule has 1 rings (SSSR count). The van der Waals surface area contributed by atoms with Crippen molar-refractivity contribution < 1.29 is 18.7 Å². The molecule has 0 aliphatic rings. The molecule has 0 fully saturated rings. The fourth-order valence-electron chi connectivity index (χ4n) is 0.905. The Kier molecular flexibility index (Phi) is 2.50. The van der Waals surface area contributed by atoms with E-state index in [-0.39, 0.29) is 11.4 Å². The van der Waals surface area contributed by atoms with Gasteiger partial charge in [0.25, 0.3) is 6.43 Å². The number of carbonyl (C=O) groups is 1. The van der Waals surface area contributed by atoms with E-state index in [0.29, 0.717) is 0 Å². The average Bonchev–Trinajstić information content (AvgIpc) is 2.02. The van der Waals surface area contributed by atoms with Crippen molar-refractivity contribution in [3.63, 3.8) is 0 Å². The highest BCUT2D eigenvalue weighted by molar-refractivity contribution is 5.92. The van der Waals surface area contributed by atoms with Crippen LogP contribution in [0.2, 0.25) is 0 Å². The van der Waals surface area contributed by atoms with Crippen molar-refractivity contribution in [2.45, 2.75) is 6.43 Å². The highest BCUT2D eigenvalue weighted by Gasteiger charge is 2.19. The van der Waals surface area contributed by atoms with E-state index in [4.69, 9.17) is 16.6 Å². The molecule has 0 radical (unpaired) electrons. The molecular formula is C7H7F2N3O2. The molecule has 7 heteroatoms. The third-order valence-electron chi connectivity index (χ3n) is 1.52. The summed E-state index contributed by atoms with van der Waals surface area (Å²) in [6, 6.07) is 0.956. The Hall–Kier alpha value is -1.92. The van der Waals surface area contributed by atoms with Gasteiger partial charge in [0.05, 0.1) is 11.4 Å². The third kappa shape index (κ3) is 1.70. The summed E-state index contributed by atoms with van der Waals surface area (Å²) in [6.45, 7) is 0. The number of halogens is 2. The van der Waals surface area contributed by atoms with Crippen LogP contribution in [0.25, 0.3) is 0 Å². The highest BCUT2D eigenvalue weighted by Crippen LogP contribution is 2.25. The molecule has 0 spiro atoms. The van der Waals surface area contributed by atoms with E-state index in [0.717, 1.165) is 6.07 Å². The van der Waals surface area contributed by atoms with Crippen molar-refractivity contribution in [3.8, 4) is 0 Å². The van der Waals surface area contributed by atoms with Gasteiger partial charge in [-0.15, -0.1) is 0 Å². The summed E-state index contributed by atoms with van der Waals surface area (Å²) in [4.78, 5) is 13.7. The standard InChI is InChI=1S/C7H7F2N3O2/c8-6(9)4-2(10)1-3(11)5(12-4)7(13)14/h1,6H,10-11H2,(H,13,14). The maximum absolute atomic E-state index is 12.2. The minimum absolute atomic E-state index is 0.237. The van der Waals surface area contributed by atoms with Crippen LogP contribution in [0.3, 0.4) is 0 Å². The monoisotopic (exact) mass is 203 g/mol. The van der Waals surface area contributed by atoms with Crippen molar-refractivity contribution in [1.29, 1.82) is 0 Å². The number of hydrogen-bond donors (Lipinski definition) is 3. The number of alkyl halides is 2. The topological polar surface area (TPSA) is 102 Å². The molecule has 0 saturated carbocycles.